The minimum atomic E-state index is -4.42. The molecule has 0 saturated heterocycles. The van der Waals surface area contributed by atoms with E-state index in [-0.39, 0.29) is 23.8 Å². The SMILES string of the molecule is CCCCCCCCCCCc1cccc(S(=O)(=O)[O-])c1CCCCCCCCCCC.[Li+]. The zero-order valence-electron chi connectivity index (χ0n) is 22.0. The summed E-state index contributed by atoms with van der Waals surface area (Å²) in [6, 6.07) is 5.28. The zero-order chi connectivity index (χ0) is 23.5. The van der Waals surface area contributed by atoms with E-state index in [2.05, 4.69) is 13.8 Å². The van der Waals surface area contributed by atoms with Crippen molar-refractivity contribution >= 4 is 10.1 Å². The summed E-state index contributed by atoms with van der Waals surface area (Å²) in [4.78, 5) is 0.0190. The van der Waals surface area contributed by atoms with Crippen LogP contribution < -0.4 is 18.9 Å². The third-order valence-electron chi connectivity index (χ3n) is 6.58. The molecule has 0 aromatic heterocycles. The van der Waals surface area contributed by atoms with Gasteiger partial charge in [-0.3, -0.25) is 0 Å². The van der Waals surface area contributed by atoms with Crippen molar-refractivity contribution in [3.63, 3.8) is 0 Å². The Bertz CT molecular complexity index is 688. The van der Waals surface area contributed by atoms with Gasteiger partial charge in [-0.05, 0) is 42.9 Å². The van der Waals surface area contributed by atoms with Crippen molar-refractivity contribution in [2.45, 2.75) is 147 Å². The smallest absolute Gasteiger partial charge is 0.744 e. The number of rotatable bonds is 21. The molecule has 5 heteroatoms. The molecule has 0 fully saturated rings. The van der Waals surface area contributed by atoms with E-state index in [0.717, 1.165) is 36.8 Å². The largest absolute Gasteiger partial charge is 1.00 e. The molecule has 0 saturated carbocycles. The molecule has 0 aliphatic heterocycles. The molecule has 33 heavy (non-hydrogen) atoms. The van der Waals surface area contributed by atoms with Gasteiger partial charge in [0, 0.05) is 0 Å². The van der Waals surface area contributed by atoms with Crippen LogP contribution in [0.5, 0.6) is 0 Å². The van der Waals surface area contributed by atoms with E-state index in [1.807, 2.05) is 6.07 Å². The minimum Gasteiger partial charge on any atom is -0.744 e. The molecular formula is C28H49LiO3S. The van der Waals surface area contributed by atoms with Gasteiger partial charge < -0.3 is 4.55 Å². The van der Waals surface area contributed by atoms with Crippen LogP contribution in [0, 0.1) is 0 Å². The van der Waals surface area contributed by atoms with Crippen LogP contribution in [-0.4, -0.2) is 13.0 Å². The van der Waals surface area contributed by atoms with Crippen LogP contribution in [0.4, 0.5) is 0 Å². The summed E-state index contributed by atoms with van der Waals surface area (Å²) in [5.74, 6) is 0. The van der Waals surface area contributed by atoms with Gasteiger partial charge >= 0.3 is 18.9 Å². The van der Waals surface area contributed by atoms with Crippen LogP contribution in [0.1, 0.15) is 141 Å². The number of benzene rings is 1. The predicted molar refractivity (Wildman–Crippen MR) is 136 cm³/mol. The van der Waals surface area contributed by atoms with Crippen LogP contribution in [0.25, 0.3) is 0 Å². The third-order valence-corrected chi connectivity index (χ3v) is 7.50. The normalized spacial score (nSPS) is 11.5. The van der Waals surface area contributed by atoms with Crippen molar-refractivity contribution in [1.29, 1.82) is 0 Å². The Hall–Kier alpha value is -0.273. The van der Waals surface area contributed by atoms with E-state index >= 15 is 0 Å². The molecule has 1 rings (SSSR count). The standard InChI is InChI=1S/C28H50O3S.Li/c1-3-5-7-9-11-13-15-17-19-22-26-23-21-25-28(32(29,30)31)27(26)24-20-18-16-14-12-10-8-6-4-2;/h21,23,25H,3-20,22,24H2,1-2H3,(H,29,30,31);/q;+1/p-1. The molecule has 0 N–H and O–H groups in total. The Morgan fingerprint density at radius 2 is 1.00 bits per heavy atom. The van der Waals surface area contributed by atoms with E-state index in [1.54, 1.807) is 6.07 Å². The van der Waals surface area contributed by atoms with Crippen LogP contribution in [0.3, 0.4) is 0 Å². The first-order valence-corrected chi connectivity index (χ1v) is 15.0. The van der Waals surface area contributed by atoms with E-state index in [4.69, 9.17) is 0 Å². The summed E-state index contributed by atoms with van der Waals surface area (Å²) in [5.41, 5.74) is 1.87. The van der Waals surface area contributed by atoms with Crippen molar-refractivity contribution in [3.8, 4) is 0 Å². The van der Waals surface area contributed by atoms with Gasteiger partial charge in [0.1, 0.15) is 10.1 Å². The first-order valence-electron chi connectivity index (χ1n) is 13.6. The van der Waals surface area contributed by atoms with Gasteiger partial charge in [0.2, 0.25) is 0 Å². The first-order chi connectivity index (χ1) is 15.5. The molecule has 0 aliphatic carbocycles. The van der Waals surface area contributed by atoms with Crippen LogP contribution in [0.15, 0.2) is 23.1 Å². The predicted octanol–water partition coefficient (Wildman–Crippen LogP) is 5.74. The molecule has 1 aromatic carbocycles. The summed E-state index contributed by atoms with van der Waals surface area (Å²) in [6.07, 6.45) is 24.2. The summed E-state index contributed by atoms with van der Waals surface area (Å²) in [6.45, 7) is 4.49. The molecule has 0 bridgehead atoms. The summed E-state index contributed by atoms with van der Waals surface area (Å²) >= 11 is 0. The fourth-order valence-corrected chi connectivity index (χ4v) is 5.38. The Labute approximate surface area is 217 Å². The van der Waals surface area contributed by atoms with Crippen LogP contribution in [0.2, 0.25) is 0 Å². The fraction of sp³-hybridized carbons (Fsp3) is 0.786. The van der Waals surface area contributed by atoms with Gasteiger partial charge in [-0.25, -0.2) is 8.42 Å². The molecule has 0 radical (unpaired) electrons. The molecule has 0 aliphatic rings. The second-order valence-electron chi connectivity index (χ2n) is 9.50. The van der Waals surface area contributed by atoms with Gasteiger partial charge in [0.15, 0.2) is 0 Å². The monoisotopic (exact) mass is 472 g/mol. The van der Waals surface area contributed by atoms with E-state index in [1.165, 1.54) is 102 Å². The zero-order valence-corrected chi connectivity index (χ0v) is 22.8. The van der Waals surface area contributed by atoms with Gasteiger partial charge in [0.05, 0.1) is 4.90 Å². The minimum absolute atomic E-state index is 0. The maximum absolute atomic E-state index is 11.8. The molecule has 0 spiro atoms. The maximum Gasteiger partial charge on any atom is 1.00 e. The number of unbranched alkanes of at least 4 members (excludes halogenated alkanes) is 16. The van der Waals surface area contributed by atoms with Crippen molar-refractivity contribution < 1.29 is 31.8 Å². The molecular weight excluding hydrogens is 423 g/mol. The number of aryl methyl sites for hydroxylation is 1. The molecule has 0 unspecified atom stereocenters. The van der Waals surface area contributed by atoms with Crippen molar-refractivity contribution in [1.82, 2.24) is 0 Å². The summed E-state index contributed by atoms with van der Waals surface area (Å²) < 4.78 is 35.5. The molecule has 0 heterocycles. The van der Waals surface area contributed by atoms with Gasteiger partial charge in [-0.2, -0.15) is 0 Å². The fourth-order valence-electron chi connectivity index (χ4n) is 4.60. The quantitative estimate of drug-likeness (QED) is 0.130. The average Bonchev–Trinajstić information content (AvgIpc) is 2.76. The second-order valence-corrected chi connectivity index (χ2v) is 10.9. The molecule has 1 aromatic rings. The third kappa shape index (κ3) is 16.1. The Kier molecular flexibility index (Phi) is 20.9. The molecule has 186 valence electrons. The number of hydrogen-bond donors (Lipinski definition) is 0. The van der Waals surface area contributed by atoms with E-state index in [0.29, 0.717) is 6.42 Å². The van der Waals surface area contributed by atoms with Gasteiger partial charge in [-0.15, -0.1) is 0 Å². The van der Waals surface area contributed by atoms with Gasteiger partial charge in [-0.1, -0.05) is 129 Å². The Morgan fingerprint density at radius 1 is 0.606 bits per heavy atom. The summed E-state index contributed by atoms with van der Waals surface area (Å²) in [5, 5.41) is 0. The molecule has 0 atom stereocenters. The van der Waals surface area contributed by atoms with Gasteiger partial charge in [0.25, 0.3) is 0 Å². The topological polar surface area (TPSA) is 57.2 Å². The average molecular weight is 473 g/mol. The van der Waals surface area contributed by atoms with Crippen molar-refractivity contribution in [2.24, 2.45) is 0 Å². The Balaban J connectivity index is 0.0000102. The second kappa shape index (κ2) is 21.0. The summed E-state index contributed by atoms with van der Waals surface area (Å²) in [7, 11) is -4.42. The van der Waals surface area contributed by atoms with Crippen molar-refractivity contribution in [2.75, 3.05) is 0 Å². The molecule has 3 nitrogen and oxygen atoms in total. The first kappa shape index (κ1) is 32.7. The number of hydrogen-bond acceptors (Lipinski definition) is 3. The van der Waals surface area contributed by atoms with Crippen LogP contribution >= 0.6 is 0 Å². The maximum atomic E-state index is 11.8. The van der Waals surface area contributed by atoms with E-state index in [9.17, 15) is 13.0 Å². The van der Waals surface area contributed by atoms with E-state index < -0.39 is 10.1 Å². The Morgan fingerprint density at radius 3 is 1.42 bits per heavy atom. The van der Waals surface area contributed by atoms with Crippen LogP contribution in [-0.2, 0) is 23.0 Å². The molecule has 0 amide bonds. The van der Waals surface area contributed by atoms with Crippen molar-refractivity contribution in [3.05, 3.63) is 29.3 Å².